The number of hydrazine groups is 1. The van der Waals surface area contributed by atoms with Crippen molar-refractivity contribution < 1.29 is 14.3 Å². The number of hydrogen-bond donors (Lipinski definition) is 2. The lowest BCUT2D eigenvalue weighted by Gasteiger charge is -2.15. The van der Waals surface area contributed by atoms with Gasteiger partial charge in [0.25, 0.3) is 11.8 Å². The van der Waals surface area contributed by atoms with Crippen molar-refractivity contribution in [2.75, 3.05) is 0 Å². The molecule has 168 valence electrons. The summed E-state index contributed by atoms with van der Waals surface area (Å²) in [6.07, 6.45) is 1.45. The molecule has 1 fully saturated rings. The van der Waals surface area contributed by atoms with E-state index in [9.17, 15) is 9.59 Å². The Morgan fingerprint density at radius 3 is 2.58 bits per heavy atom. The number of benzene rings is 2. The van der Waals surface area contributed by atoms with E-state index in [0.29, 0.717) is 16.5 Å². The maximum absolute atomic E-state index is 12.8. The first-order valence-corrected chi connectivity index (χ1v) is 11.8. The SMILES string of the molecule is Cc1nc(C2CC2)nc2sc(C(=O)NNC(=O)C(C)Oc3ccc4ccccc4c3)c(C)c12. The molecule has 0 spiro atoms. The molecule has 4 aromatic rings. The predicted molar refractivity (Wildman–Crippen MR) is 129 cm³/mol. The van der Waals surface area contributed by atoms with Crippen molar-refractivity contribution in [1.29, 1.82) is 0 Å². The van der Waals surface area contributed by atoms with E-state index in [1.165, 1.54) is 11.3 Å². The van der Waals surface area contributed by atoms with E-state index in [1.54, 1.807) is 6.92 Å². The van der Waals surface area contributed by atoms with E-state index in [1.807, 2.05) is 56.3 Å². The van der Waals surface area contributed by atoms with Crippen molar-refractivity contribution in [3.8, 4) is 5.75 Å². The second-order valence-corrected chi connectivity index (χ2v) is 9.39. The average molecular weight is 461 g/mol. The van der Waals surface area contributed by atoms with Crippen molar-refractivity contribution in [3.63, 3.8) is 0 Å². The van der Waals surface area contributed by atoms with Crippen LogP contribution >= 0.6 is 11.3 Å². The zero-order chi connectivity index (χ0) is 23.1. The summed E-state index contributed by atoms with van der Waals surface area (Å²) in [5.41, 5.74) is 6.69. The van der Waals surface area contributed by atoms with Crippen molar-refractivity contribution in [1.82, 2.24) is 20.8 Å². The quantitative estimate of drug-likeness (QED) is 0.426. The number of aryl methyl sites for hydroxylation is 2. The number of fused-ring (bicyclic) bond motifs is 2. The van der Waals surface area contributed by atoms with E-state index < -0.39 is 12.0 Å². The molecule has 7 nitrogen and oxygen atoms in total. The van der Waals surface area contributed by atoms with Gasteiger partial charge in [-0.2, -0.15) is 0 Å². The zero-order valence-corrected chi connectivity index (χ0v) is 19.5. The van der Waals surface area contributed by atoms with Crippen LogP contribution in [-0.2, 0) is 4.79 Å². The second kappa shape index (κ2) is 8.44. The lowest BCUT2D eigenvalue weighted by molar-refractivity contribution is -0.128. The fourth-order valence-electron chi connectivity index (χ4n) is 3.88. The van der Waals surface area contributed by atoms with Crippen LogP contribution in [-0.4, -0.2) is 27.9 Å². The van der Waals surface area contributed by atoms with Gasteiger partial charge in [0.15, 0.2) is 6.10 Å². The van der Waals surface area contributed by atoms with Crippen LogP contribution < -0.4 is 15.6 Å². The minimum absolute atomic E-state index is 0.380. The molecule has 5 rings (SSSR count). The monoisotopic (exact) mass is 460 g/mol. The number of hydrogen-bond acceptors (Lipinski definition) is 6. The molecule has 0 saturated heterocycles. The standard InChI is InChI=1S/C25H24N4O3S/c1-13-20-14(2)26-22(17-8-9-17)27-25(20)33-21(13)24(31)29-28-23(30)15(3)32-19-11-10-16-6-4-5-7-18(16)12-19/h4-7,10-12,15,17H,8-9H2,1-3H3,(H,28,30)(H,29,31). The summed E-state index contributed by atoms with van der Waals surface area (Å²) in [6, 6.07) is 13.6. The van der Waals surface area contributed by atoms with Gasteiger partial charge in [-0.3, -0.25) is 20.4 Å². The Morgan fingerprint density at radius 2 is 1.82 bits per heavy atom. The Labute approximate surface area is 195 Å². The molecular formula is C25H24N4O3S. The summed E-state index contributed by atoms with van der Waals surface area (Å²) >= 11 is 1.32. The van der Waals surface area contributed by atoms with Crippen LogP contribution in [0.15, 0.2) is 42.5 Å². The number of ether oxygens (including phenoxy) is 1. The van der Waals surface area contributed by atoms with Gasteiger partial charge in [0.1, 0.15) is 16.4 Å². The van der Waals surface area contributed by atoms with Crippen LogP contribution in [0.2, 0.25) is 0 Å². The molecule has 1 aliphatic rings. The molecule has 0 radical (unpaired) electrons. The minimum atomic E-state index is -0.788. The number of carbonyl (C=O) groups is 2. The fraction of sp³-hybridized carbons (Fsp3) is 0.280. The molecule has 1 atom stereocenters. The van der Waals surface area contributed by atoms with E-state index in [-0.39, 0.29) is 5.91 Å². The van der Waals surface area contributed by atoms with Crippen molar-refractivity contribution in [2.24, 2.45) is 0 Å². The van der Waals surface area contributed by atoms with Crippen molar-refractivity contribution in [2.45, 2.75) is 45.6 Å². The maximum atomic E-state index is 12.8. The molecule has 0 bridgehead atoms. The van der Waals surface area contributed by atoms with Gasteiger partial charge in [0.2, 0.25) is 0 Å². The van der Waals surface area contributed by atoms with Crippen LogP contribution in [0.1, 0.15) is 52.4 Å². The van der Waals surface area contributed by atoms with Crippen LogP contribution in [0.3, 0.4) is 0 Å². The molecule has 0 aliphatic heterocycles. The molecule has 33 heavy (non-hydrogen) atoms. The van der Waals surface area contributed by atoms with E-state index in [4.69, 9.17) is 4.74 Å². The van der Waals surface area contributed by atoms with Gasteiger partial charge < -0.3 is 4.74 Å². The largest absolute Gasteiger partial charge is 0.481 e. The number of aromatic nitrogens is 2. The molecule has 2 heterocycles. The van der Waals surface area contributed by atoms with E-state index in [2.05, 4.69) is 20.8 Å². The number of thiophene rings is 1. The lowest BCUT2D eigenvalue weighted by atomic mass is 10.1. The lowest BCUT2D eigenvalue weighted by Crippen LogP contribution is -2.47. The summed E-state index contributed by atoms with van der Waals surface area (Å²) in [4.78, 5) is 35.9. The van der Waals surface area contributed by atoms with Crippen molar-refractivity contribution >= 4 is 44.1 Å². The van der Waals surface area contributed by atoms with Gasteiger partial charge in [-0.15, -0.1) is 11.3 Å². The molecule has 1 saturated carbocycles. The molecule has 1 unspecified atom stereocenters. The summed E-state index contributed by atoms with van der Waals surface area (Å²) in [7, 11) is 0. The smallest absolute Gasteiger partial charge is 0.280 e. The Morgan fingerprint density at radius 1 is 1.06 bits per heavy atom. The number of nitrogens with one attached hydrogen (secondary N) is 2. The van der Waals surface area contributed by atoms with Crippen LogP contribution in [0, 0.1) is 13.8 Å². The normalized spacial score (nSPS) is 14.3. The third-order valence-electron chi connectivity index (χ3n) is 5.84. The number of carbonyl (C=O) groups excluding carboxylic acids is 2. The third kappa shape index (κ3) is 4.26. The van der Waals surface area contributed by atoms with Crippen molar-refractivity contribution in [3.05, 3.63) is 64.4 Å². The highest BCUT2D eigenvalue weighted by Crippen LogP contribution is 2.40. The zero-order valence-electron chi connectivity index (χ0n) is 18.6. The van der Waals surface area contributed by atoms with Crippen LogP contribution in [0.4, 0.5) is 0 Å². The van der Waals surface area contributed by atoms with Gasteiger partial charge in [0, 0.05) is 11.3 Å². The maximum Gasteiger partial charge on any atom is 0.280 e. The van der Waals surface area contributed by atoms with Gasteiger partial charge >= 0.3 is 0 Å². The highest BCUT2D eigenvalue weighted by Gasteiger charge is 2.28. The van der Waals surface area contributed by atoms with Crippen LogP contribution in [0.5, 0.6) is 5.75 Å². The van der Waals surface area contributed by atoms with Gasteiger partial charge in [-0.1, -0.05) is 30.3 Å². The Kier molecular flexibility index (Phi) is 5.46. The topological polar surface area (TPSA) is 93.2 Å². The molecule has 8 heteroatoms. The summed E-state index contributed by atoms with van der Waals surface area (Å²) in [6.45, 7) is 5.47. The highest BCUT2D eigenvalue weighted by atomic mass is 32.1. The minimum Gasteiger partial charge on any atom is -0.481 e. The number of amides is 2. The number of nitrogens with zero attached hydrogens (tertiary/aromatic N) is 2. The van der Waals surface area contributed by atoms with Gasteiger partial charge in [-0.25, -0.2) is 9.97 Å². The average Bonchev–Trinajstić information content (AvgIpc) is 3.60. The summed E-state index contributed by atoms with van der Waals surface area (Å²) in [5, 5.41) is 3.03. The summed E-state index contributed by atoms with van der Waals surface area (Å²) < 4.78 is 5.77. The number of rotatable bonds is 5. The Bertz CT molecular complexity index is 1390. The first-order valence-electron chi connectivity index (χ1n) is 10.9. The predicted octanol–water partition coefficient (Wildman–Crippen LogP) is 4.57. The highest BCUT2D eigenvalue weighted by molar-refractivity contribution is 7.20. The van der Waals surface area contributed by atoms with Gasteiger partial charge in [0.05, 0.1) is 10.6 Å². The first-order chi connectivity index (χ1) is 15.9. The first kappa shape index (κ1) is 21.3. The molecule has 1 aliphatic carbocycles. The van der Waals surface area contributed by atoms with Crippen LogP contribution in [0.25, 0.3) is 21.0 Å². The summed E-state index contributed by atoms with van der Waals surface area (Å²) in [5.74, 6) is 1.07. The molecule has 2 aromatic carbocycles. The van der Waals surface area contributed by atoms with E-state index in [0.717, 1.165) is 50.9 Å². The Hall–Kier alpha value is -3.52. The molecule has 2 amide bonds. The third-order valence-corrected chi connectivity index (χ3v) is 7.02. The fourth-order valence-corrected chi connectivity index (χ4v) is 5.01. The molecule has 2 N–H and O–H groups in total. The molecule has 2 aromatic heterocycles. The van der Waals surface area contributed by atoms with Gasteiger partial charge in [-0.05, 0) is 62.1 Å². The molecular weight excluding hydrogens is 436 g/mol. The second-order valence-electron chi connectivity index (χ2n) is 8.39. The Balaban J connectivity index is 1.25. The van der Waals surface area contributed by atoms with E-state index >= 15 is 0 Å².